The highest BCUT2D eigenvalue weighted by atomic mass is 32.2. The molecule has 0 amide bonds. The third-order valence-corrected chi connectivity index (χ3v) is 5.87. The normalized spacial score (nSPS) is 18.0. The van der Waals surface area contributed by atoms with E-state index in [9.17, 15) is 0 Å². The zero-order valence-electron chi connectivity index (χ0n) is 9.93. The molecule has 0 spiro atoms. The van der Waals surface area contributed by atoms with E-state index < -0.39 is 0 Å². The van der Waals surface area contributed by atoms with Crippen molar-refractivity contribution in [1.29, 1.82) is 0 Å². The van der Waals surface area contributed by atoms with Crippen molar-refractivity contribution in [2.24, 2.45) is 0 Å². The highest BCUT2D eigenvalue weighted by molar-refractivity contribution is 8.08. The van der Waals surface area contributed by atoms with E-state index in [-0.39, 0.29) is 0 Å². The van der Waals surface area contributed by atoms with E-state index in [1.54, 1.807) is 0 Å². The van der Waals surface area contributed by atoms with Crippen LogP contribution in [0.1, 0.15) is 11.1 Å². The Morgan fingerprint density at radius 1 is 1.18 bits per heavy atom. The lowest BCUT2D eigenvalue weighted by atomic mass is 10.2. The molecule has 2 rings (SSSR count). The minimum Gasteiger partial charge on any atom is -0.156 e. The van der Waals surface area contributed by atoms with E-state index in [4.69, 9.17) is 0 Å². The van der Waals surface area contributed by atoms with Gasteiger partial charge in [0.15, 0.2) is 0 Å². The van der Waals surface area contributed by atoms with E-state index in [0.717, 1.165) is 22.5 Å². The summed E-state index contributed by atoms with van der Waals surface area (Å²) in [7, 11) is 0. The van der Waals surface area contributed by atoms with Crippen LogP contribution in [0.25, 0.3) is 0 Å². The van der Waals surface area contributed by atoms with E-state index >= 15 is 0 Å². The van der Waals surface area contributed by atoms with Crippen LogP contribution in [0.2, 0.25) is 0 Å². The molecule has 0 radical (unpaired) electrons. The fourth-order valence-corrected chi connectivity index (χ4v) is 4.18. The molecule has 0 aliphatic carbocycles. The van der Waals surface area contributed by atoms with Crippen molar-refractivity contribution in [2.75, 3.05) is 17.3 Å². The average Bonchev–Trinajstić information content (AvgIpc) is 3.16. The molecule has 1 aromatic rings. The number of hydrogen-bond acceptors (Lipinski definition) is 3. The van der Waals surface area contributed by atoms with Crippen molar-refractivity contribution in [3.63, 3.8) is 0 Å². The van der Waals surface area contributed by atoms with Gasteiger partial charge in [-0.2, -0.15) is 35.3 Å². The summed E-state index contributed by atoms with van der Waals surface area (Å²) in [6, 6.07) is 9.07. The predicted octanol–water partition coefficient (Wildman–Crippen LogP) is 4.45. The van der Waals surface area contributed by atoms with Crippen LogP contribution in [-0.2, 0) is 11.5 Å². The highest BCUT2D eigenvalue weighted by Crippen LogP contribution is 2.33. The summed E-state index contributed by atoms with van der Waals surface area (Å²) in [6.45, 7) is 3.73. The van der Waals surface area contributed by atoms with Crippen LogP contribution in [0.3, 0.4) is 0 Å². The number of thioether (sulfide) groups is 3. The van der Waals surface area contributed by atoms with Gasteiger partial charge < -0.3 is 0 Å². The lowest BCUT2D eigenvalue weighted by Gasteiger charge is -2.03. The molecule has 1 aliphatic heterocycles. The lowest BCUT2D eigenvalue weighted by molar-refractivity contribution is 1.26. The van der Waals surface area contributed by atoms with E-state index in [1.807, 2.05) is 17.8 Å². The van der Waals surface area contributed by atoms with Crippen LogP contribution in [0.5, 0.6) is 0 Å². The molecule has 92 valence electrons. The van der Waals surface area contributed by atoms with Gasteiger partial charge in [0.2, 0.25) is 0 Å². The molecule has 0 saturated carbocycles. The zero-order valence-corrected chi connectivity index (χ0v) is 12.4. The van der Waals surface area contributed by atoms with Crippen molar-refractivity contribution in [2.45, 2.75) is 16.8 Å². The first-order chi connectivity index (χ1) is 8.38. The summed E-state index contributed by atoms with van der Waals surface area (Å²) in [6.07, 6.45) is 1.96. The lowest BCUT2D eigenvalue weighted by Crippen LogP contribution is -1.89. The fourth-order valence-electron chi connectivity index (χ4n) is 1.46. The Kier molecular flexibility index (Phi) is 5.89. The summed E-state index contributed by atoms with van der Waals surface area (Å²) in [4.78, 5) is 0. The molecular formula is C14H18S3. The third kappa shape index (κ3) is 5.45. The number of rotatable bonds is 8. The van der Waals surface area contributed by atoms with Gasteiger partial charge in [0.1, 0.15) is 0 Å². The summed E-state index contributed by atoms with van der Waals surface area (Å²) in [5.74, 6) is 6.00. The molecule has 0 aromatic heterocycles. The van der Waals surface area contributed by atoms with E-state index in [2.05, 4.69) is 54.4 Å². The van der Waals surface area contributed by atoms with Crippen molar-refractivity contribution in [1.82, 2.24) is 0 Å². The molecule has 1 unspecified atom stereocenters. The second-order valence-electron chi connectivity index (χ2n) is 4.09. The standard InChI is InChI=1S/C14H18S3/c1-2-7-15-8-12-3-5-13(6-4-12)9-16-10-14-11-17-14/h2-6,14H,1,7-11H2. The molecule has 0 bridgehead atoms. The summed E-state index contributed by atoms with van der Waals surface area (Å²) in [5.41, 5.74) is 2.88. The third-order valence-electron chi connectivity index (χ3n) is 2.50. The molecule has 1 fully saturated rings. The van der Waals surface area contributed by atoms with Crippen LogP contribution < -0.4 is 0 Å². The van der Waals surface area contributed by atoms with Crippen molar-refractivity contribution < 1.29 is 0 Å². The van der Waals surface area contributed by atoms with E-state index in [1.165, 1.54) is 22.6 Å². The van der Waals surface area contributed by atoms with E-state index in [0.29, 0.717) is 0 Å². The Morgan fingerprint density at radius 2 is 1.76 bits per heavy atom. The minimum absolute atomic E-state index is 0.953. The first-order valence-corrected chi connectivity index (χ1v) is 9.20. The maximum Gasteiger partial charge on any atom is 0.0229 e. The Balaban J connectivity index is 1.69. The molecule has 1 aromatic carbocycles. The highest BCUT2D eigenvalue weighted by Gasteiger charge is 2.21. The first-order valence-electron chi connectivity index (χ1n) is 5.84. The Bertz CT molecular complexity index is 341. The Morgan fingerprint density at radius 3 is 2.29 bits per heavy atom. The Labute approximate surface area is 117 Å². The molecule has 0 N–H and O–H groups in total. The quantitative estimate of drug-likeness (QED) is 0.393. The number of benzene rings is 1. The van der Waals surface area contributed by atoms with Crippen molar-refractivity contribution >= 4 is 35.3 Å². The van der Waals surface area contributed by atoms with Gasteiger partial charge in [-0.25, -0.2) is 0 Å². The van der Waals surface area contributed by atoms with Gasteiger partial charge in [0.25, 0.3) is 0 Å². The smallest absolute Gasteiger partial charge is 0.0229 e. The van der Waals surface area contributed by atoms with Gasteiger partial charge in [-0.15, -0.1) is 6.58 Å². The topological polar surface area (TPSA) is 0 Å². The molecule has 1 atom stereocenters. The van der Waals surface area contributed by atoms with Crippen LogP contribution in [0.4, 0.5) is 0 Å². The average molecular weight is 282 g/mol. The largest absolute Gasteiger partial charge is 0.156 e. The second-order valence-corrected chi connectivity index (χ2v) is 7.48. The summed E-state index contributed by atoms with van der Waals surface area (Å²) in [5, 5.41) is 0.953. The van der Waals surface area contributed by atoms with Crippen LogP contribution in [-0.4, -0.2) is 22.5 Å². The maximum atomic E-state index is 3.73. The molecule has 3 heteroatoms. The van der Waals surface area contributed by atoms with Crippen LogP contribution in [0.15, 0.2) is 36.9 Å². The van der Waals surface area contributed by atoms with Crippen LogP contribution in [0, 0.1) is 0 Å². The summed E-state index contributed by atoms with van der Waals surface area (Å²) < 4.78 is 0. The molecule has 0 nitrogen and oxygen atoms in total. The van der Waals surface area contributed by atoms with Gasteiger partial charge in [-0.3, -0.25) is 0 Å². The zero-order chi connectivity index (χ0) is 11.9. The van der Waals surface area contributed by atoms with Gasteiger partial charge in [-0.1, -0.05) is 30.3 Å². The minimum atomic E-state index is 0.953. The Hall–Kier alpha value is 0.01000. The molecule has 17 heavy (non-hydrogen) atoms. The SMILES string of the molecule is C=CCSCc1ccc(CSCC2CS2)cc1. The first kappa shape index (κ1) is 13.4. The van der Waals surface area contributed by atoms with Crippen molar-refractivity contribution in [3.8, 4) is 0 Å². The molecule has 1 aliphatic rings. The van der Waals surface area contributed by atoms with Crippen LogP contribution >= 0.6 is 35.3 Å². The molecule has 1 saturated heterocycles. The fraction of sp³-hybridized carbons (Fsp3) is 0.429. The maximum absolute atomic E-state index is 3.73. The summed E-state index contributed by atoms with van der Waals surface area (Å²) >= 11 is 6.07. The van der Waals surface area contributed by atoms with Gasteiger partial charge in [0.05, 0.1) is 0 Å². The second kappa shape index (κ2) is 7.45. The van der Waals surface area contributed by atoms with Gasteiger partial charge >= 0.3 is 0 Å². The molecular weight excluding hydrogens is 264 g/mol. The number of hydrogen-bond donors (Lipinski definition) is 0. The van der Waals surface area contributed by atoms with Crippen molar-refractivity contribution in [3.05, 3.63) is 48.0 Å². The van der Waals surface area contributed by atoms with Gasteiger partial charge in [-0.05, 0) is 11.1 Å². The molecule has 1 heterocycles. The monoisotopic (exact) mass is 282 g/mol. The predicted molar refractivity (Wildman–Crippen MR) is 85.2 cm³/mol. The van der Waals surface area contributed by atoms with Gasteiger partial charge in [0, 0.05) is 34.0 Å².